The van der Waals surface area contributed by atoms with Gasteiger partial charge in [-0.2, -0.15) is 0 Å². The smallest absolute Gasteiger partial charge is 0.387 e. The van der Waals surface area contributed by atoms with Crippen molar-refractivity contribution in [1.82, 2.24) is 39.0 Å². The van der Waals surface area contributed by atoms with E-state index in [1.54, 1.807) is 0 Å². The lowest BCUT2D eigenvalue weighted by molar-refractivity contribution is -0.0508. The largest absolute Gasteiger partial charge is 0.479 e. The summed E-state index contributed by atoms with van der Waals surface area (Å²) in [6.45, 7) is -6.97. The fourth-order valence-corrected chi connectivity index (χ4v) is 10.0. The van der Waals surface area contributed by atoms with Crippen LogP contribution in [-0.4, -0.2) is 124 Å². The van der Waals surface area contributed by atoms with Crippen molar-refractivity contribution in [1.29, 1.82) is 0 Å². The zero-order valence-corrected chi connectivity index (χ0v) is 27.7. The second kappa shape index (κ2) is 13.4. The van der Waals surface area contributed by atoms with Crippen molar-refractivity contribution in [3.63, 3.8) is 0 Å². The van der Waals surface area contributed by atoms with Gasteiger partial charge in [-0.25, -0.2) is 47.7 Å². The molecule has 10 atom stereocenters. The minimum atomic E-state index is -5.41. The van der Waals surface area contributed by atoms with Crippen molar-refractivity contribution >= 4 is 68.1 Å². The molecule has 0 radical (unpaired) electrons. The summed E-state index contributed by atoms with van der Waals surface area (Å²) in [6, 6.07) is 0. The number of hydrogen-bond donors (Lipinski definition) is 9. The van der Waals surface area contributed by atoms with Crippen LogP contribution >= 0.6 is 22.4 Å². The molecule has 49 heavy (non-hydrogen) atoms. The van der Waals surface area contributed by atoms with Gasteiger partial charge in [0.15, 0.2) is 35.4 Å². The SMILES string of the molecule is Nc1ncnc2c1ncn2[C@@H]1O[C@H](COP(=O)(O)OP(O)(=S)OP(=O)(O)OC[C@H]2O[C@@H](n3cnc4c(N)ncnc43)C(O)C2O)C(O)C1O. The lowest BCUT2D eigenvalue weighted by Gasteiger charge is -2.23. The molecule has 0 spiro atoms. The highest BCUT2D eigenvalue weighted by Crippen LogP contribution is 2.68. The standard InChI is InChI=1S/C20H27N10O15P3S/c21-15-9-17(25-3-23-15)29(5-27-9)19-13(33)11(31)7(42-19)1-40-46(35,36)44-48(39,49)45-47(37,38)41-2-8-12(32)14(34)20(43-8)30-6-28-10-16(22)24-4-26-18(10)30/h3-8,11-14,19-20,31-34H,1-2H2,(H,35,36)(H,37,38)(H,39,49)(H2,21,23,25)(H2,22,24,26)/t7-,8-,11?,12?,13?,14?,19-,20-,48?/m1/s1. The van der Waals surface area contributed by atoms with Gasteiger partial charge in [0.05, 0.1) is 25.9 Å². The predicted molar refractivity (Wildman–Crippen MR) is 162 cm³/mol. The van der Waals surface area contributed by atoms with Crippen LogP contribution in [0.3, 0.4) is 0 Å². The van der Waals surface area contributed by atoms with Crippen LogP contribution in [0.25, 0.3) is 22.3 Å². The van der Waals surface area contributed by atoms with Crippen LogP contribution in [0.4, 0.5) is 11.6 Å². The van der Waals surface area contributed by atoms with Crippen LogP contribution in [0.1, 0.15) is 12.5 Å². The molecule has 25 nitrogen and oxygen atoms in total. The van der Waals surface area contributed by atoms with E-state index in [0.29, 0.717) is 0 Å². The number of rotatable bonds is 12. The molecule has 6 rings (SSSR count). The van der Waals surface area contributed by atoms with Crippen LogP contribution < -0.4 is 11.5 Å². The molecule has 0 saturated carbocycles. The topological polar surface area (TPSA) is 370 Å². The number of nitrogen functional groups attached to an aromatic ring is 2. The average molecular weight is 772 g/mol. The van der Waals surface area contributed by atoms with Gasteiger partial charge in [-0.05, 0) is 11.8 Å². The fourth-order valence-electron chi connectivity index (χ4n) is 4.96. The number of hydrogen-bond acceptors (Lipinski definition) is 21. The highest BCUT2D eigenvalue weighted by Gasteiger charge is 2.48. The van der Waals surface area contributed by atoms with Crippen molar-refractivity contribution < 1.29 is 71.4 Å². The maximum Gasteiger partial charge on any atom is 0.479 e. The van der Waals surface area contributed by atoms with E-state index in [2.05, 4.69) is 50.3 Å². The van der Waals surface area contributed by atoms with Gasteiger partial charge in [0, 0.05) is 0 Å². The Balaban J connectivity index is 1.03. The molecule has 11 N–H and O–H groups in total. The molecule has 0 bridgehead atoms. The number of phosphoric acid groups is 2. The van der Waals surface area contributed by atoms with Gasteiger partial charge < -0.3 is 56.0 Å². The normalized spacial score (nSPS) is 31.2. The van der Waals surface area contributed by atoms with E-state index in [1.165, 1.54) is 21.8 Å². The number of phosphoric ester groups is 2. The first-order valence-electron chi connectivity index (χ1n) is 13.6. The number of fused-ring (bicyclic) bond motifs is 2. The summed E-state index contributed by atoms with van der Waals surface area (Å²) < 4.78 is 57.0. The third-order valence-corrected chi connectivity index (χ3v) is 12.7. The number of aliphatic hydroxyl groups is 4. The Morgan fingerprint density at radius 2 is 1.08 bits per heavy atom. The molecule has 2 fully saturated rings. The zero-order chi connectivity index (χ0) is 35.5. The Labute approximate surface area is 277 Å². The fraction of sp³-hybridized carbons (Fsp3) is 0.500. The summed E-state index contributed by atoms with van der Waals surface area (Å²) >= 11 is 4.57. The van der Waals surface area contributed by atoms with E-state index in [4.69, 9.17) is 30.0 Å². The first kappa shape index (κ1) is 36.1. The van der Waals surface area contributed by atoms with Crippen molar-refractivity contribution in [3.05, 3.63) is 25.3 Å². The van der Waals surface area contributed by atoms with E-state index in [0.717, 1.165) is 12.7 Å². The highest BCUT2D eigenvalue weighted by molar-refractivity contribution is 8.09. The van der Waals surface area contributed by atoms with Crippen LogP contribution in [0.2, 0.25) is 0 Å². The summed E-state index contributed by atoms with van der Waals surface area (Å²) in [5.41, 5.74) is 12.2. The van der Waals surface area contributed by atoms with Gasteiger partial charge in [-0.15, -0.1) is 0 Å². The molecule has 6 heterocycles. The Bertz CT molecular complexity index is 1870. The quantitative estimate of drug-likeness (QED) is 0.0675. The highest BCUT2D eigenvalue weighted by atomic mass is 32.5. The summed E-state index contributed by atoms with van der Waals surface area (Å²) in [4.78, 5) is 54.2. The number of nitrogens with zero attached hydrogens (tertiary/aromatic N) is 8. The Kier molecular flexibility index (Phi) is 9.90. The molecule has 29 heteroatoms. The average Bonchev–Trinajstić information content (AvgIpc) is 3.77. The number of aliphatic hydroxyl groups excluding tert-OH is 4. The zero-order valence-electron chi connectivity index (χ0n) is 24.2. The molecule has 268 valence electrons. The Morgan fingerprint density at radius 1 is 0.694 bits per heavy atom. The molecule has 2 aliphatic rings. The summed E-state index contributed by atoms with van der Waals surface area (Å²) in [7, 11) is -10.8. The van der Waals surface area contributed by atoms with E-state index in [1.807, 2.05) is 0 Å². The lowest BCUT2D eigenvalue weighted by Crippen LogP contribution is -2.33. The number of ether oxygens (including phenoxy) is 2. The van der Waals surface area contributed by atoms with Crippen LogP contribution in [0.5, 0.6) is 0 Å². The molecule has 6 unspecified atom stereocenters. The predicted octanol–water partition coefficient (Wildman–Crippen LogP) is -2.45. The van der Waals surface area contributed by atoms with Gasteiger partial charge >= 0.3 is 22.4 Å². The number of nitrogens with two attached hydrogens (primary N) is 2. The lowest BCUT2D eigenvalue weighted by atomic mass is 10.1. The number of imidazole rings is 2. The van der Waals surface area contributed by atoms with Crippen molar-refractivity contribution in [3.8, 4) is 0 Å². The molecule has 0 aliphatic carbocycles. The maximum atomic E-state index is 12.6. The minimum absolute atomic E-state index is 0.0355. The van der Waals surface area contributed by atoms with Gasteiger partial charge in [-0.1, -0.05) is 0 Å². The molecule has 0 aromatic carbocycles. The summed E-state index contributed by atoms with van der Waals surface area (Å²) in [5, 5.41) is 42.0. The van der Waals surface area contributed by atoms with Crippen molar-refractivity contribution in [2.75, 3.05) is 24.7 Å². The molecule has 0 amide bonds. The monoisotopic (exact) mass is 772 g/mol. The van der Waals surface area contributed by atoms with Crippen LogP contribution in [-0.2, 0) is 48.1 Å². The van der Waals surface area contributed by atoms with E-state index in [-0.39, 0.29) is 34.0 Å². The molecule has 4 aromatic heterocycles. The number of aromatic nitrogens is 8. The summed E-state index contributed by atoms with van der Waals surface area (Å²) in [6.07, 6.45) is -7.47. The van der Waals surface area contributed by atoms with Crippen LogP contribution in [0, 0.1) is 0 Å². The second-order valence-corrected chi connectivity index (χ2v) is 16.4. The molecule has 2 aliphatic heterocycles. The first-order valence-corrected chi connectivity index (χ1v) is 19.1. The molecular weight excluding hydrogens is 745 g/mol. The van der Waals surface area contributed by atoms with E-state index in [9.17, 15) is 44.2 Å². The third kappa shape index (κ3) is 7.37. The Morgan fingerprint density at radius 3 is 1.47 bits per heavy atom. The van der Waals surface area contributed by atoms with Gasteiger partial charge in [-0.3, -0.25) is 18.2 Å². The van der Waals surface area contributed by atoms with E-state index < -0.39 is 84.7 Å². The maximum absolute atomic E-state index is 12.6. The van der Waals surface area contributed by atoms with Crippen molar-refractivity contribution in [2.24, 2.45) is 0 Å². The third-order valence-electron chi connectivity index (χ3n) is 7.21. The molecule has 2 saturated heterocycles. The molecular formula is C20H27N10O15P3S. The Hall–Kier alpha value is -2.71. The molecule has 4 aromatic rings. The second-order valence-electron chi connectivity index (χ2n) is 10.4. The van der Waals surface area contributed by atoms with Crippen LogP contribution in [0.15, 0.2) is 25.3 Å². The minimum Gasteiger partial charge on any atom is -0.387 e. The summed E-state index contributed by atoms with van der Waals surface area (Å²) in [5.74, 6) is 0.0710. The van der Waals surface area contributed by atoms with Gasteiger partial charge in [0.1, 0.15) is 60.3 Å². The van der Waals surface area contributed by atoms with Gasteiger partial charge in [0.25, 0.3) is 0 Å². The van der Waals surface area contributed by atoms with Gasteiger partial charge in [0.2, 0.25) is 0 Å². The van der Waals surface area contributed by atoms with Crippen molar-refractivity contribution in [2.45, 2.75) is 49.1 Å². The first-order chi connectivity index (χ1) is 23.0. The number of anilines is 2. The van der Waals surface area contributed by atoms with E-state index >= 15 is 0 Å².